The third-order valence-corrected chi connectivity index (χ3v) is 6.58. The highest BCUT2D eigenvalue weighted by atomic mass is 16.5. The molecule has 0 aliphatic carbocycles. The van der Waals surface area contributed by atoms with Crippen molar-refractivity contribution < 1.29 is 19.4 Å². The van der Waals surface area contributed by atoms with Gasteiger partial charge in [-0.05, 0) is 49.3 Å². The fourth-order valence-corrected chi connectivity index (χ4v) is 4.82. The third-order valence-electron chi connectivity index (χ3n) is 6.58. The monoisotopic (exact) mass is 431 g/mol. The molecule has 1 aromatic carbocycles. The first kappa shape index (κ1) is 23.4. The number of piperidine rings is 1. The van der Waals surface area contributed by atoms with Gasteiger partial charge in [-0.3, -0.25) is 14.5 Å². The molecular weight excluding hydrogens is 394 g/mol. The highest BCUT2D eigenvalue weighted by Crippen LogP contribution is 2.35. The Balaban J connectivity index is 1.71. The molecule has 0 saturated carbocycles. The average molecular weight is 432 g/mol. The number of benzene rings is 1. The topological polar surface area (TPSA) is 82.1 Å². The van der Waals surface area contributed by atoms with Crippen LogP contribution in [0, 0.1) is 5.92 Å². The molecule has 0 bridgehead atoms. The van der Waals surface area contributed by atoms with Crippen molar-refractivity contribution in [3.63, 3.8) is 0 Å². The molecule has 7 nitrogen and oxygen atoms in total. The first-order valence-electron chi connectivity index (χ1n) is 11.5. The summed E-state index contributed by atoms with van der Waals surface area (Å²) in [4.78, 5) is 30.8. The molecule has 0 radical (unpaired) electrons. The molecule has 0 aromatic heterocycles. The number of likely N-dealkylation sites (tertiary alicyclic amines) is 1. The second kappa shape index (κ2) is 9.90. The van der Waals surface area contributed by atoms with E-state index >= 15 is 0 Å². The first-order chi connectivity index (χ1) is 14.8. The Bertz CT molecular complexity index is 787. The summed E-state index contributed by atoms with van der Waals surface area (Å²) in [6.45, 7) is 9.05. The first-order valence-corrected chi connectivity index (χ1v) is 11.5. The number of nitrogens with zero attached hydrogens (tertiary/aromatic N) is 2. The standard InChI is InChI=1S/C24H37N3O4/c1-5-6-11-27-22(29)19(14-17(2)3)25-23(30)24(27)9-12-26(13-10-24)16-18-7-8-21(31-4)20(28)15-18/h7-8,15,17,19,28H,5-6,9-14,16H2,1-4H3,(H,25,30)/t19-/m0/s1. The Morgan fingerprint density at radius 3 is 2.55 bits per heavy atom. The number of carbonyl (C=O) groups is 2. The number of ether oxygens (including phenoxy) is 1. The number of aromatic hydroxyl groups is 1. The van der Waals surface area contributed by atoms with Crippen LogP contribution in [0.5, 0.6) is 11.5 Å². The summed E-state index contributed by atoms with van der Waals surface area (Å²) in [6.07, 6.45) is 3.83. The molecule has 2 heterocycles. The molecule has 0 unspecified atom stereocenters. The molecule has 31 heavy (non-hydrogen) atoms. The summed E-state index contributed by atoms with van der Waals surface area (Å²) >= 11 is 0. The van der Waals surface area contributed by atoms with Crippen LogP contribution < -0.4 is 10.1 Å². The van der Waals surface area contributed by atoms with Gasteiger partial charge >= 0.3 is 0 Å². The smallest absolute Gasteiger partial charge is 0.246 e. The van der Waals surface area contributed by atoms with E-state index in [0.717, 1.165) is 31.5 Å². The Morgan fingerprint density at radius 2 is 1.97 bits per heavy atom. The minimum atomic E-state index is -0.738. The summed E-state index contributed by atoms with van der Waals surface area (Å²) in [5.41, 5.74) is 0.261. The highest BCUT2D eigenvalue weighted by molar-refractivity contribution is 6.00. The van der Waals surface area contributed by atoms with Crippen molar-refractivity contribution in [1.82, 2.24) is 15.1 Å². The Labute approximate surface area is 185 Å². The number of nitrogens with one attached hydrogen (secondary N) is 1. The van der Waals surface area contributed by atoms with Crippen molar-refractivity contribution in [1.29, 1.82) is 0 Å². The van der Waals surface area contributed by atoms with Crippen molar-refractivity contribution in [3.8, 4) is 11.5 Å². The molecule has 1 spiro atoms. The molecule has 1 atom stereocenters. The van der Waals surface area contributed by atoms with Crippen LogP contribution in [0.3, 0.4) is 0 Å². The molecular formula is C24H37N3O4. The number of amides is 2. The van der Waals surface area contributed by atoms with Gasteiger partial charge in [-0.1, -0.05) is 33.3 Å². The van der Waals surface area contributed by atoms with Gasteiger partial charge in [0.05, 0.1) is 7.11 Å². The van der Waals surface area contributed by atoms with E-state index < -0.39 is 11.6 Å². The van der Waals surface area contributed by atoms with Crippen LogP contribution in [0.15, 0.2) is 18.2 Å². The largest absolute Gasteiger partial charge is 0.504 e. The van der Waals surface area contributed by atoms with Crippen LogP contribution in [-0.2, 0) is 16.1 Å². The van der Waals surface area contributed by atoms with Crippen LogP contribution in [0.25, 0.3) is 0 Å². The Hall–Kier alpha value is -2.28. The number of hydrogen-bond donors (Lipinski definition) is 2. The molecule has 2 amide bonds. The molecule has 2 aliphatic heterocycles. The Kier molecular flexibility index (Phi) is 7.46. The summed E-state index contributed by atoms with van der Waals surface area (Å²) in [7, 11) is 1.53. The third kappa shape index (κ3) is 4.97. The van der Waals surface area contributed by atoms with E-state index in [9.17, 15) is 14.7 Å². The number of unbranched alkanes of at least 4 members (excludes halogenated alkanes) is 1. The summed E-state index contributed by atoms with van der Waals surface area (Å²) < 4.78 is 5.12. The van der Waals surface area contributed by atoms with Crippen molar-refractivity contribution in [2.75, 3.05) is 26.7 Å². The van der Waals surface area contributed by atoms with E-state index in [2.05, 4.69) is 31.0 Å². The van der Waals surface area contributed by atoms with Crippen molar-refractivity contribution in [3.05, 3.63) is 23.8 Å². The maximum Gasteiger partial charge on any atom is 0.246 e. The van der Waals surface area contributed by atoms with Gasteiger partial charge in [-0.25, -0.2) is 0 Å². The zero-order valence-electron chi connectivity index (χ0n) is 19.3. The molecule has 172 valence electrons. The lowest BCUT2D eigenvalue weighted by molar-refractivity contribution is -0.161. The van der Waals surface area contributed by atoms with E-state index in [1.54, 1.807) is 12.1 Å². The van der Waals surface area contributed by atoms with Crippen LogP contribution in [0.4, 0.5) is 0 Å². The molecule has 7 heteroatoms. The SMILES string of the molecule is CCCCN1C(=O)[C@H](CC(C)C)NC(=O)C12CCN(Cc1ccc(OC)c(O)c1)CC2. The minimum Gasteiger partial charge on any atom is -0.504 e. The molecule has 2 saturated heterocycles. The van der Waals surface area contributed by atoms with Crippen LogP contribution in [0.1, 0.15) is 58.4 Å². The van der Waals surface area contributed by atoms with E-state index in [1.807, 2.05) is 11.0 Å². The van der Waals surface area contributed by atoms with E-state index in [1.165, 1.54) is 7.11 Å². The van der Waals surface area contributed by atoms with Gasteiger partial charge in [0.1, 0.15) is 11.6 Å². The van der Waals surface area contributed by atoms with E-state index in [4.69, 9.17) is 4.74 Å². The predicted octanol–water partition coefficient (Wildman–Crippen LogP) is 2.91. The van der Waals surface area contributed by atoms with Crippen molar-refractivity contribution in [2.45, 2.75) is 71.0 Å². The van der Waals surface area contributed by atoms with Gasteiger partial charge in [0.25, 0.3) is 0 Å². The Morgan fingerprint density at radius 1 is 1.26 bits per heavy atom. The van der Waals surface area contributed by atoms with Gasteiger partial charge in [0, 0.05) is 26.2 Å². The van der Waals surface area contributed by atoms with E-state index in [-0.39, 0.29) is 17.6 Å². The molecule has 3 rings (SSSR count). The van der Waals surface area contributed by atoms with Crippen LogP contribution in [0.2, 0.25) is 0 Å². The molecule has 2 aliphatic rings. The fraction of sp³-hybridized carbons (Fsp3) is 0.667. The normalized spacial score (nSPS) is 21.6. The lowest BCUT2D eigenvalue weighted by atomic mass is 9.80. The zero-order valence-corrected chi connectivity index (χ0v) is 19.3. The number of carbonyl (C=O) groups excluding carboxylic acids is 2. The summed E-state index contributed by atoms with van der Waals surface area (Å²) in [5, 5.41) is 13.1. The van der Waals surface area contributed by atoms with Gasteiger partial charge < -0.3 is 20.1 Å². The fourth-order valence-electron chi connectivity index (χ4n) is 4.82. The maximum atomic E-state index is 13.3. The van der Waals surface area contributed by atoms with Gasteiger partial charge in [-0.15, -0.1) is 0 Å². The maximum absolute atomic E-state index is 13.3. The number of phenolic OH excluding ortho intramolecular Hbond substituents is 1. The lowest BCUT2D eigenvalue weighted by Gasteiger charge is -2.52. The van der Waals surface area contributed by atoms with Crippen LogP contribution in [-0.4, -0.2) is 65.0 Å². The van der Waals surface area contributed by atoms with Crippen molar-refractivity contribution >= 4 is 11.8 Å². The van der Waals surface area contributed by atoms with Gasteiger partial charge in [-0.2, -0.15) is 0 Å². The quantitative estimate of drug-likeness (QED) is 0.661. The number of rotatable bonds is 8. The minimum absolute atomic E-state index is 0.00981. The number of piperazine rings is 1. The predicted molar refractivity (Wildman–Crippen MR) is 120 cm³/mol. The van der Waals surface area contributed by atoms with Gasteiger partial charge in [0.15, 0.2) is 11.5 Å². The highest BCUT2D eigenvalue weighted by Gasteiger charge is 2.53. The second-order valence-corrected chi connectivity index (χ2v) is 9.31. The number of phenols is 1. The van der Waals surface area contributed by atoms with Crippen molar-refractivity contribution in [2.24, 2.45) is 5.92 Å². The van der Waals surface area contributed by atoms with Crippen LogP contribution >= 0.6 is 0 Å². The van der Waals surface area contributed by atoms with Gasteiger partial charge in [0.2, 0.25) is 11.8 Å². The lowest BCUT2D eigenvalue weighted by Crippen LogP contribution is -2.73. The number of hydrogen-bond acceptors (Lipinski definition) is 5. The summed E-state index contributed by atoms with van der Waals surface area (Å²) in [5.74, 6) is 1.03. The van der Waals surface area contributed by atoms with E-state index in [0.29, 0.717) is 44.0 Å². The number of methoxy groups -OCH3 is 1. The molecule has 2 fully saturated rings. The zero-order chi connectivity index (χ0) is 22.6. The summed E-state index contributed by atoms with van der Waals surface area (Å²) in [6, 6.07) is 5.04. The second-order valence-electron chi connectivity index (χ2n) is 9.31. The average Bonchev–Trinajstić information content (AvgIpc) is 2.73. The molecule has 1 aromatic rings. The molecule has 2 N–H and O–H groups in total.